The van der Waals surface area contributed by atoms with Gasteiger partial charge in [-0.25, -0.2) is 8.42 Å². The summed E-state index contributed by atoms with van der Waals surface area (Å²) in [7, 11) is -3.25. The van der Waals surface area contributed by atoms with Crippen molar-refractivity contribution < 1.29 is 13.2 Å². The fourth-order valence-corrected chi connectivity index (χ4v) is 3.20. The first-order valence-corrected chi connectivity index (χ1v) is 9.11. The summed E-state index contributed by atoms with van der Waals surface area (Å²) < 4.78 is 23.6. The first-order valence-electron chi connectivity index (χ1n) is 6.04. The van der Waals surface area contributed by atoms with E-state index in [1.807, 2.05) is 6.07 Å². The van der Waals surface area contributed by atoms with Crippen LogP contribution in [0, 0.1) is 0 Å². The molecule has 0 atom stereocenters. The van der Waals surface area contributed by atoms with Crippen molar-refractivity contribution in [1.82, 2.24) is 0 Å². The van der Waals surface area contributed by atoms with Gasteiger partial charge < -0.3 is 0 Å². The van der Waals surface area contributed by atoms with Gasteiger partial charge in [-0.05, 0) is 29.8 Å². The van der Waals surface area contributed by atoms with Gasteiger partial charge in [-0.15, -0.1) is 0 Å². The molecule has 110 valence electrons. The number of ketones is 1. The molecule has 0 fully saturated rings. The van der Waals surface area contributed by atoms with Crippen molar-refractivity contribution in [3.8, 4) is 0 Å². The summed E-state index contributed by atoms with van der Waals surface area (Å²) in [4.78, 5) is 12.4. The second kappa shape index (κ2) is 6.30. The molecule has 0 aliphatic heterocycles. The highest BCUT2D eigenvalue weighted by Crippen LogP contribution is 2.23. The third kappa shape index (κ3) is 4.15. The van der Waals surface area contributed by atoms with E-state index in [2.05, 4.69) is 15.9 Å². The summed E-state index contributed by atoms with van der Waals surface area (Å²) in [5, 5.41) is 0.519. The number of hydrogen-bond donors (Lipinski definition) is 0. The Hall–Kier alpha value is -1.17. The van der Waals surface area contributed by atoms with E-state index in [1.54, 1.807) is 12.1 Å². The molecule has 0 heterocycles. The minimum Gasteiger partial charge on any atom is -0.294 e. The molecular formula is C15H12BrClO3S. The first kappa shape index (κ1) is 16.2. The number of sulfone groups is 1. The maximum Gasteiger partial charge on any atom is 0.175 e. The maximum atomic E-state index is 12.2. The highest BCUT2D eigenvalue weighted by molar-refractivity contribution is 9.10. The molecule has 0 unspecified atom stereocenters. The zero-order valence-corrected chi connectivity index (χ0v) is 14.3. The van der Waals surface area contributed by atoms with Crippen LogP contribution < -0.4 is 0 Å². The molecule has 0 N–H and O–H groups in total. The predicted molar refractivity (Wildman–Crippen MR) is 86.7 cm³/mol. The van der Waals surface area contributed by atoms with Crippen molar-refractivity contribution >= 4 is 43.2 Å². The molecule has 2 aromatic carbocycles. The van der Waals surface area contributed by atoms with Gasteiger partial charge >= 0.3 is 0 Å². The number of rotatable bonds is 4. The van der Waals surface area contributed by atoms with Crippen LogP contribution in [0.25, 0.3) is 0 Å². The summed E-state index contributed by atoms with van der Waals surface area (Å²) in [5.41, 5.74) is 1.19. The Morgan fingerprint density at radius 1 is 1.14 bits per heavy atom. The molecule has 0 radical (unpaired) electrons. The number of carbonyl (C=O) groups excluding carboxylic acids is 1. The summed E-state index contributed by atoms with van der Waals surface area (Å²) in [6.45, 7) is 0. The minimum absolute atomic E-state index is 0.112. The van der Waals surface area contributed by atoms with Gasteiger partial charge in [0.05, 0.1) is 4.90 Å². The average molecular weight is 388 g/mol. The molecule has 2 rings (SSSR count). The molecule has 0 saturated heterocycles. The van der Waals surface area contributed by atoms with E-state index >= 15 is 0 Å². The van der Waals surface area contributed by atoms with E-state index in [0.717, 1.165) is 16.3 Å². The molecule has 0 saturated carbocycles. The van der Waals surface area contributed by atoms with Gasteiger partial charge in [-0.3, -0.25) is 4.79 Å². The highest BCUT2D eigenvalue weighted by Gasteiger charge is 2.12. The Kier molecular flexibility index (Phi) is 4.86. The number of hydrogen-bond acceptors (Lipinski definition) is 3. The van der Waals surface area contributed by atoms with Crippen LogP contribution in [-0.4, -0.2) is 20.5 Å². The maximum absolute atomic E-state index is 12.2. The van der Waals surface area contributed by atoms with Crippen molar-refractivity contribution in [3.05, 3.63) is 63.1 Å². The molecular weight excluding hydrogens is 376 g/mol. The van der Waals surface area contributed by atoms with Crippen LogP contribution in [0.3, 0.4) is 0 Å². The quantitative estimate of drug-likeness (QED) is 0.747. The molecule has 0 spiro atoms. The molecule has 0 aliphatic rings. The first-order chi connectivity index (χ1) is 9.77. The van der Waals surface area contributed by atoms with Gasteiger partial charge in [0.1, 0.15) is 0 Å². The molecule has 0 bridgehead atoms. The van der Waals surface area contributed by atoms with Crippen molar-refractivity contribution in [3.63, 3.8) is 0 Å². The van der Waals surface area contributed by atoms with Gasteiger partial charge in [-0.2, -0.15) is 0 Å². The number of Topliss-reactive ketones (excluding diaryl/α,β-unsaturated/α-hetero) is 1. The van der Waals surface area contributed by atoms with Crippen molar-refractivity contribution in [2.45, 2.75) is 11.3 Å². The minimum atomic E-state index is -3.25. The van der Waals surface area contributed by atoms with Crippen molar-refractivity contribution in [2.75, 3.05) is 6.26 Å². The SMILES string of the molecule is CS(=O)(=O)c1ccc(C(=O)Cc2ccc(Br)cc2Cl)cc1. The summed E-state index contributed by atoms with van der Waals surface area (Å²) in [6.07, 6.45) is 1.30. The Bertz CT molecular complexity index is 783. The van der Waals surface area contributed by atoms with Crippen LogP contribution in [0.4, 0.5) is 0 Å². The zero-order valence-electron chi connectivity index (χ0n) is 11.1. The largest absolute Gasteiger partial charge is 0.294 e. The van der Waals surface area contributed by atoms with Gasteiger partial charge in [0, 0.05) is 27.7 Å². The van der Waals surface area contributed by atoms with Gasteiger partial charge in [0.2, 0.25) is 0 Å². The summed E-state index contributed by atoms with van der Waals surface area (Å²) in [6, 6.07) is 11.3. The van der Waals surface area contributed by atoms with E-state index in [0.29, 0.717) is 10.6 Å². The Labute approximate surface area is 137 Å². The molecule has 0 amide bonds. The van der Waals surface area contributed by atoms with Gasteiger partial charge in [0.15, 0.2) is 15.6 Å². The Balaban J connectivity index is 2.21. The molecule has 0 aromatic heterocycles. The lowest BCUT2D eigenvalue weighted by atomic mass is 10.0. The Morgan fingerprint density at radius 2 is 1.76 bits per heavy atom. The van der Waals surface area contributed by atoms with E-state index < -0.39 is 9.84 Å². The summed E-state index contributed by atoms with van der Waals surface area (Å²) >= 11 is 9.39. The Morgan fingerprint density at radius 3 is 2.29 bits per heavy atom. The topological polar surface area (TPSA) is 51.2 Å². The normalized spacial score (nSPS) is 11.4. The lowest BCUT2D eigenvalue weighted by Gasteiger charge is -2.05. The third-order valence-corrected chi connectivity index (χ3v) is 4.94. The lowest BCUT2D eigenvalue weighted by Crippen LogP contribution is -2.05. The number of carbonyl (C=O) groups is 1. The van der Waals surface area contributed by atoms with Crippen LogP contribution in [0.1, 0.15) is 15.9 Å². The van der Waals surface area contributed by atoms with E-state index in [4.69, 9.17) is 11.6 Å². The molecule has 3 nitrogen and oxygen atoms in total. The van der Waals surface area contributed by atoms with Gasteiger partial charge in [-0.1, -0.05) is 45.7 Å². The van der Waals surface area contributed by atoms with Crippen LogP contribution >= 0.6 is 27.5 Å². The standard InChI is InChI=1S/C15H12BrClO3S/c1-21(19,20)13-6-3-10(4-7-13)15(18)8-11-2-5-12(16)9-14(11)17/h2-7,9H,8H2,1H3. The van der Waals surface area contributed by atoms with Crippen LogP contribution in [-0.2, 0) is 16.3 Å². The average Bonchev–Trinajstić information content (AvgIpc) is 2.41. The van der Waals surface area contributed by atoms with Crippen molar-refractivity contribution in [2.24, 2.45) is 0 Å². The van der Waals surface area contributed by atoms with E-state index in [9.17, 15) is 13.2 Å². The molecule has 2 aromatic rings. The monoisotopic (exact) mass is 386 g/mol. The van der Waals surface area contributed by atoms with E-state index in [1.165, 1.54) is 24.3 Å². The second-order valence-corrected chi connectivity index (χ2v) is 7.97. The van der Waals surface area contributed by atoms with Crippen molar-refractivity contribution in [1.29, 1.82) is 0 Å². The van der Waals surface area contributed by atoms with Crippen LogP contribution in [0.2, 0.25) is 5.02 Å². The lowest BCUT2D eigenvalue weighted by molar-refractivity contribution is 0.0993. The highest BCUT2D eigenvalue weighted by atomic mass is 79.9. The predicted octanol–water partition coefficient (Wildman–Crippen LogP) is 3.93. The molecule has 0 aliphatic carbocycles. The fraction of sp³-hybridized carbons (Fsp3) is 0.133. The number of halogens is 2. The zero-order chi connectivity index (χ0) is 15.6. The second-order valence-electron chi connectivity index (χ2n) is 4.63. The van der Waals surface area contributed by atoms with Crippen LogP contribution in [0.5, 0.6) is 0 Å². The molecule has 21 heavy (non-hydrogen) atoms. The van der Waals surface area contributed by atoms with Crippen LogP contribution in [0.15, 0.2) is 51.8 Å². The third-order valence-electron chi connectivity index (χ3n) is 2.97. The van der Waals surface area contributed by atoms with E-state index in [-0.39, 0.29) is 17.1 Å². The molecule has 6 heteroatoms. The fourth-order valence-electron chi connectivity index (χ4n) is 1.83. The number of benzene rings is 2. The smallest absolute Gasteiger partial charge is 0.175 e. The summed E-state index contributed by atoms with van der Waals surface area (Å²) in [5.74, 6) is -0.112. The van der Waals surface area contributed by atoms with Gasteiger partial charge in [0.25, 0.3) is 0 Å².